The number of nitrogens with two attached hydrogens (primary N) is 1. The third kappa shape index (κ3) is 1.74. The molecule has 0 atom stereocenters. The first kappa shape index (κ1) is 11.2. The average Bonchev–Trinajstić information content (AvgIpc) is 2.83. The van der Waals surface area contributed by atoms with Gasteiger partial charge in [0.05, 0.1) is 5.69 Å². The molecule has 2 aromatic heterocycles. The van der Waals surface area contributed by atoms with E-state index in [0.717, 1.165) is 27.9 Å². The molecule has 0 fully saturated rings. The summed E-state index contributed by atoms with van der Waals surface area (Å²) >= 11 is 1.49. The first-order valence-electron chi connectivity index (χ1n) is 5.25. The van der Waals surface area contributed by atoms with Crippen molar-refractivity contribution in [2.24, 2.45) is 5.73 Å². The van der Waals surface area contributed by atoms with Gasteiger partial charge in [0, 0.05) is 12.2 Å². The first-order valence-corrected chi connectivity index (χ1v) is 6.07. The zero-order chi connectivity index (χ0) is 11.7. The molecule has 0 unspecified atom stereocenters. The topological polar surface area (TPSA) is 69.6 Å². The van der Waals surface area contributed by atoms with E-state index in [1.165, 1.54) is 16.9 Å². The van der Waals surface area contributed by atoms with Crippen molar-refractivity contribution in [3.8, 4) is 5.13 Å². The van der Waals surface area contributed by atoms with Crippen molar-refractivity contribution in [1.29, 1.82) is 0 Å². The van der Waals surface area contributed by atoms with Crippen molar-refractivity contribution in [1.82, 2.24) is 20.0 Å². The lowest BCUT2D eigenvalue weighted by atomic mass is 10.1. The van der Waals surface area contributed by atoms with Gasteiger partial charge >= 0.3 is 0 Å². The van der Waals surface area contributed by atoms with Crippen LogP contribution in [0.1, 0.15) is 28.9 Å². The molecule has 0 amide bonds. The van der Waals surface area contributed by atoms with Gasteiger partial charge in [-0.25, -0.2) is 4.68 Å². The first-order chi connectivity index (χ1) is 7.67. The second-order valence-corrected chi connectivity index (χ2v) is 4.64. The number of rotatable bonds is 3. The summed E-state index contributed by atoms with van der Waals surface area (Å²) in [6.45, 7) is 6.64. The van der Waals surface area contributed by atoms with Gasteiger partial charge in [-0.15, -0.1) is 10.2 Å². The smallest absolute Gasteiger partial charge is 0.233 e. The minimum absolute atomic E-state index is 0.428. The van der Waals surface area contributed by atoms with Crippen LogP contribution in [0.5, 0.6) is 0 Å². The van der Waals surface area contributed by atoms with Crippen LogP contribution in [0.2, 0.25) is 0 Å². The lowest BCUT2D eigenvalue weighted by molar-refractivity contribution is 0.803. The zero-order valence-corrected chi connectivity index (χ0v) is 10.5. The SMILES string of the molecule is CCc1c(C)nn(-c2nnc(CN)s2)c1C. The average molecular weight is 237 g/mol. The molecular formula is C10H15N5S. The maximum absolute atomic E-state index is 5.52. The van der Waals surface area contributed by atoms with Crippen molar-refractivity contribution in [3.05, 3.63) is 22.0 Å². The molecule has 0 aliphatic heterocycles. The van der Waals surface area contributed by atoms with Crippen molar-refractivity contribution in [2.75, 3.05) is 0 Å². The predicted molar refractivity (Wildman–Crippen MR) is 63.8 cm³/mol. The molecule has 0 aliphatic carbocycles. The highest BCUT2D eigenvalue weighted by molar-refractivity contribution is 7.13. The normalized spacial score (nSPS) is 11.0. The van der Waals surface area contributed by atoms with Crippen LogP contribution in [-0.4, -0.2) is 20.0 Å². The highest BCUT2D eigenvalue weighted by Gasteiger charge is 2.14. The number of hydrogen-bond donors (Lipinski definition) is 1. The van der Waals surface area contributed by atoms with Gasteiger partial charge in [-0.1, -0.05) is 18.3 Å². The lowest BCUT2D eigenvalue weighted by Crippen LogP contribution is -1.98. The minimum Gasteiger partial charge on any atom is -0.324 e. The Morgan fingerprint density at radius 3 is 2.56 bits per heavy atom. The molecule has 0 spiro atoms. The summed E-state index contributed by atoms with van der Waals surface area (Å²) in [7, 11) is 0. The van der Waals surface area contributed by atoms with E-state index in [2.05, 4.69) is 29.1 Å². The number of aromatic nitrogens is 4. The molecule has 2 heterocycles. The quantitative estimate of drug-likeness (QED) is 0.875. The fourth-order valence-corrected chi connectivity index (χ4v) is 2.51. The lowest BCUT2D eigenvalue weighted by Gasteiger charge is -1.98. The highest BCUT2D eigenvalue weighted by Crippen LogP contribution is 2.20. The Hall–Kier alpha value is -1.27. The summed E-state index contributed by atoms with van der Waals surface area (Å²) in [6.07, 6.45) is 0.986. The summed E-state index contributed by atoms with van der Waals surface area (Å²) in [5.41, 5.74) is 9.00. The molecule has 16 heavy (non-hydrogen) atoms. The van der Waals surface area contributed by atoms with Gasteiger partial charge in [0.15, 0.2) is 0 Å². The number of hydrogen-bond acceptors (Lipinski definition) is 5. The van der Waals surface area contributed by atoms with Crippen molar-refractivity contribution in [3.63, 3.8) is 0 Å². The van der Waals surface area contributed by atoms with E-state index in [1.54, 1.807) is 0 Å². The fraction of sp³-hybridized carbons (Fsp3) is 0.500. The zero-order valence-electron chi connectivity index (χ0n) is 9.69. The molecule has 6 heteroatoms. The maximum Gasteiger partial charge on any atom is 0.233 e. The number of nitrogens with zero attached hydrogens (tertiary/aromatic N) is 4. The van der Waals surface area contributed by atoms with E-state index in [9.17, 15) is 0 Å². The monoisotopic (exact) mass is 237 g/mol. The Kier molecular flexibility index (Phi) is 3.02. The second kappa shape index (κ2) is 4.31. The van der Waals surface area contributed by atoms with Crippen LogP contribution in [0.3, 0.4) is 0 Å². The molecular weight excluding hydrogens is 222 g/mol. The molecule has 86 valence electrons. The van der Waals surface area contributed by atoms with Crippen LogP contribution in [0, 0.1) is 13.8 Å². The largest absolute Gasteiger partial charge is 0.324 e. The van der Waals surface area contributed by atoms with E-state index in [-0.39, 0.29) is 0 Å². The second-order valence-electron chi connectivity index (χ2n) is 3.60. The summed E-state index contributed by atoms with van der Waals surface area (Å²) in [5, 5.41) is 14.2. The van der Waals surface area contributed by atoms with Crippen molar-refractivity contribution in [2.45, 2.75) is 33.7 Å². The molecule has 5 nitrogen and oxygen atoms in total. The third-order valence-electron chi connectivity index (χ3n) is 2.61. The molecule has 0 saturated carbocycles. The van der Waals surface area contributed by atoms with Gasteiger partial charge in [-0.3, -0.25) is 0 Å². The molecule has 0 saturated heterocycles. The van der Waals surface area contributed by atoms with Gasteiger partial charge < -0.3 is 5.73 Å². The Labute approximate surface area is 98.3 Å². The molecule has 0 aliphatic rings. The van der Waals surface area contributed by atoms with Gasteiger partial charge in [-0.2, -0.15) is 5.10 Å². The van der Waals surface area contributed by atoms with Crippen LogP contribution in [0.25, 0.3) is 5.13 Å². The van der Waals surface area contributed by atoms with Gasteiger partial charge in [0.1, 0.15) is 5.01 Å². The third-order valence-corrected chi connectivity index (χ3v) is 3.53. The highest BCUT2D eigenvalue weighted by atomic mass is 32.1. The molecule has 0 bridgehead atoms. The Balaban J connectivity index is 2.47. The summed E-state index contributed by atoms with van der Waals surface area (Å²) in [4.78, 5) is 0. The molecule has 0 aromatic carbocycles. The molecule has 2 N–H and O–H groups in total. The van der Waals surface area contributed by atoms with Crippen LogP contribution in [-0.2, 0) is 13.0 Å². The van der Waals surface area contributed by atoms with Gasteiger partial charge in [-0.05, 0) is 25.8 Å². The Morgan fingerprint density at radius 1 is 1.31 bits per heavy atom. The summed E-state index contributed by atoms with van der Waals surface area (Å²) < 4.78 is 1.85. The minimum atomic E-state index is 0.428. The van der Waals surface area contributed by atoms with Crippen LogP contribution >= 0.6 is 11.3 Å². The molecule has 2 rings (SSSR count). The van der Waals surface area contributed by atoms with Crippen molar-refractivity contribution < 1.29 is 0 Å². The van der Waals surface area contributed by atoms with E-state index in [4.69, 9.17) is 5.73 Å². The van der Waals surface area contributed by atoms with Crippen LogP contribution in [0.15, 0.2) is 0 Å². The van der Waals surface area contributed by atoms with E-state index in [1.807, 2.05) is 11.6 Å². The summed E-state index contributed by atoms with van der Waals surface area (Å²) in [5.74, 6) is 0. The van der Waals surface area contributed by atoms with Gasteiger partial charge in [0.25, 0.3) is 0 Å². The van der Waals surface area contributed by atoms with Crippen molar-refractivity contribution >= 4 is 11.3 Å². The maximum atomic E-state index is 5.52. The number of aryl methyl sites for hydroxylation is 1. The van der Waals surface area contributed by atoms with Gasteiger partial charge in [0.2, 0.25) is 5.13 Å². The summed E-state index contributed by atoms with van der Waals surface area (Å²) in [6, 6.07) is 0. The predicted octanol–water partition coefficient (Wildman–Crippen LogP) is 1.36. The Morgan fingerprint density at radius 2 is 2.06 bits per heavy atom. The fourth-order valence-electron chi connectivity index (χ4n) is 1.79. The molecule has 0 radical (unpaired) electrons. The van der Waals surface area contributed by atoms with E-state index < -0.39 is 0 Å². The van der Waals surface area contributed by atoms with E-state index in [0.29, 0.717) is 6.54 Å². The standard InChI is InChI=1S/C10H15N5S/c1-4-8-6(2)14-15(7(8)3)10-13-12-9(5-11)16-10/h4-5,11H2,1-3H3. The van der Waals surface area contributed by atoms with E-state index >= 15 is 0 Å². The Bertz CT molecular complexity index is 499. The molecule has 2 aromatic rings. The van der Waals surface area contributed by atoms with Crippen LogP contribution < -0.4 is 5.73 Å². The van der Waals surface area contributed by atoms with Crippen LogP contribution in [0.4, 0.5) is 0 Å².